The van der Waals surface area contributed by atoms with E-state index in [0.29, 0.717) is 24.4 Å². The van der Waals surface area contributed by atoms with Crippen LogP contribution < -0.4 is 10.1 Å². The van der Waals surface area contributed by atoms with Crippen LogP contribution in [0.1, 0.15) is 44.0 Å². The minimum absolute atomic E-state index is 0.00739. The average Bonchev–Trinajstić information content (AvgIpc) is 2.65. The molecule has 1 N–H and O–H groups in total. The Bertz CT molecular complexity index is 717. The molecule has 0 unspecified atom stereocenters. The van der Waals surface area contributed by atoms with E-state index in [9.17, 15) is 14.4 Å². The first-order chi connectivity index (χ1) is 13.1. The summed E-state index contributed by atoms with van der Waals surface area (Å²) in [7, 11) is 3.31. The molecule has 1 aliphatic heterocycles. The van der Waals surface area contributed by atoms with E-state index in [1.54, 1.807) is 38.4 Å². The Labute approximate surface area is 167 Å². The van der Waals surface area contributed by atoms with Gasteiger partial charge in [-0.1, -0.05) is 32.9 Å². The van der Waals surface area contributed by atoms with E-state index in [1.807, 2.05) is 25.7 Å². The molecule has 1 aromatic carbocycles. The second kappa shape index (κ2) is 9.08. The van der Waals surface area contributed by atoms with Crippen LogP contribution in [0, 0.1) is 5.41 Å². The largest absolute Gasteiger partial charge is 0.483 e. The van der Waals surface area contributed by atoms with Crippen molar-refractivity contribution in [2.75, 3.05) is 33.8 Å². The number of nitrogens with zero attached hydrogens (tertiary/aromatic N) is 2. The number of para-hydroxylation sites is 1. The molecule has 0 saturated carbocycles. The van der Waals surface area contributed by atoms with Gasteiger partial charge in [0, 0.05) is 38.6 Å². The van der Waals surface area contributed by atoms with E-state index in [4.69, 9.17) is 4.74 Å². The summed E-state index contributed by atoms with van der Waals surface area (Å²) in [5, 5.41) is 3.03. The van der Waals surface area contributed by atoms with Gasteiger partial charge in [-0.15, -0.1) is 0 Å². The van der Waals surface area contributed by atoms with E-state index in [0.717, 1.165) is 12.8 Å². The van der Waals surface area contributed by atoms with Crippen molar-refractivity contribution in [1.29, 1.82) is 0 Å². The van der Waals surface area contributed by atoms with Crippen LogP contribution in [0.3, 0.4) is 0 Å². The van der Waals surface area contributed by atoms with Crippen molar-refractivity contribution in [3.05, 3.63) is 29.8 Å². The van der Waals surface area contributed by atoms with E-state index in [-0.39, 0.29) is 30.4 Å². The summed E-state index contributed by atoms with van der Waals surface area (Å²) in [6.45, 7) is 6.90. The number of carbonyl (C=O) groups excluding carboxylic acids is 3. The van der Waals surface area contributed by atoms with E-state index >= 15 is 0 Å². The number of nitrogens with one attached hydrogen (secondary N) is 1. The van der Waals surface area contributed by atoms with E-state index < -0.39 is 5.41 Å². The van der Waals surface area contributed by atoms with Gasteiger partial charge in [0.25, 0.3) is 11.8 Å². The molecule has 28 heavy (non-hydrogen) atoms. The monoisotopic (exact) mass is 389 g/mol. The van der Waals surface area contributed by atoms with Gasteiger partial charge >= 0.3 is 0 Å². The fourth-order valence-corrected chi connectivity index (χ4v) is 3.01. The predicted octanol–water partition coefficient (Wildman–Crippen LogP) is 1.92. The summed E-state index contributed by atoms with van der Waals surface area (Å²) >= 11 is 0. The van der Waals surface area contributed by atoms with Crippen LogP contribution in [0.4, 0.5) is 0 Å². The fraction of sp³-hybridized carbons (Fsp3) is 0.571. The number of rotatable bonds is 5. The zero-order valence-corrected chi connectivity index (χ0v) is 17.4. The third-order valence-corrected chi connectivity index (χ3v) is 4.74. The summed E-state index contributed by atoms with van der Waals surface area (Å²) < 4.78 is 5.55. The highest BCUT2D eigenvalue weighted by Crippen LogP contribution is 2.22. The number of amides is 3. The lowest BCUT2D eigenvalue weighted by molar-refractivity contribution is -0.140. The van der Waals surface area contributed by atoms with Gasteiger partial charge in [-0.3, -0.25) is 14.4 Å². The molecule has 3 amide bonds. The lowest BCUT2D eigenvalue weighted by Crippen LogP contribution is -2.49. The standard InChI is InChI=1S/C21H31N3O4/c1-21(2,3)20(27)24-12-10-15(11-13-24)22-19(26)16-8-6-7-9-17(16)28-14-18(25)23(4)5/h6-9,15H,10-14H2,1-5H3,(H,22,26). The highest BCUT2D eigenvalue weighted by atomic mass is 16.5. The first kappa shape index (κ1) is 21.7. The van der Waals surface area contributed by atoms with Crippen molar-refractivity contribution in [2.45, 2.75) is 39.7 Å². The number of piperidine rings is 1. The Kier molecular flexibility index (Phi) is 7.05. The molecule has 0 atom stereocenters. The number of hydrogen-bond donors (Lipinski definition) is 1. The summed E-state index contributed by atoms with van der Waals surface area (Å²) in [5.41, 5.74) is 0.0124. The minimum Gasteiger partial charge on any atom is -0.483 e. The first-order valence-corrected chi connectivity index (χ1v) is 9.62. The smallest absolute Gasteiger partial charge is 0.259 e. The third-order valence-electron chi connectivity index (χ3n) is 4.74. The van der Waals surface area contributed by atoms with E-state index in [1.165, 1.54) is 4.90 Å². The zero-order chi connectivity index (χ0) is 20.9. The van der Waals surface area contributed by atoms with Gasteiger partial charge < -0.3 is 19.9 Å². The van der Waals surface area contributed by atoms with Gasteiger partial charge in [0.1, 0.15) is 5.75 Å². The van der Waals surface area contributed by atoms with Crippen molar-refractivity contribution in [1.82, 2.24) is 15.1 Å². The fourth-order valence-electron chi connectivity index (χ4n) is 3.01. The molecule has 0 aromatic heterocycles. The van der Waals surface area contributed by atoms with Crippen molar-refractivity contribution in [3.8, 4) is 5.75 Å². The predicted molar refractivity (Wildman–Crippen MR) is 107 cm³/mol. The number of ether oxygens (including phenoxy) is 1. The van der Waals surface area contributed by atoms with Crippen molar-refractivity contribution in [3.63, 3.8) is 0 Å². The Morgan fingerprint density at radius 1 is 1.14 bits per heavy atom. The molecular weight excluding hydrogens is 358 g/mol. The Hall–Kier alpha value is -2.57. The van der Waals surface area contributed by atoms with Gasteiger partial charge in [-0.05, 0) is 25.0 Å². The molecule has 0 radical (unpaired) electrons. The van der Waals surface area contributed by atoms with Crippen LogP contribution >= 0.6 is 0 Å². The Morgan fingerprint density at radius 2 is 1.75 bits per heavy atom. The molecule has 7 nitrogen and oxygen atoms in total. The molecule has 0 aliphatic carbocycles. The van der Waals surface area contributed by atoms with Crippen LogP contribution in [0.25, 0.3) is 0 Å². The molecular formula is C21H31N3O4. The molecule has 7 heteroatoms. The van der Waals surface area contributed by atoms with E-state index in [2.05, 4.69) is 5.32 Å². The average molecular weight is 389 g/mol. The second-order valence-electron chi connectivity index (χ2n) is 8.36. The lowest BCUT2D eigenvalue weighted by atomic mass is 9.93. The maximum Gasteiger partial charge on any atom is 0.259 e. The molecule has 1 aromatic rings. The molecule has 1 heterocycles. The number of likely N-dealkylation sites (tertiary alicyclic amines) is 1. The number of benzene rings is 1. The second-order valence-corrected chi connectivity index (χ2v) is 8.36. The molecule has 1 fully saturated rings. The van der Waals surface area contributed by atoms with Gasteiger partial charge in [0.2, 0.25) is 5.91 Å². The summed E-state index contributed by atoms with van der Waals surface area (Å²) in [5.74, 6) is 0.122. The number of likely N-dealkylation sites (N-methyl/N-ethyl adjacent to an activating group) is 1. The minimum atomic E-state index is -0.393. The molecule has 1 saturated heterocycles. The highest BCUT2D eigenvalue weighted by Gasteiger charge is 2.31. The zero-order valence-electron chi connectivity index (χ0n) is 17.4. The maximum absolute atomic E-state index is 12.7. The van der Waals surface area contributed by atoms with Crippen molar-refractivity contribution < 1.29 is 19.1 Å². The van der Waals surface area contributed by atoms with Gasteiger partial charge in [0.05, 0.1) is 5.56 Å². The van der Waals surface area contributed by atoms with Gasteiger partial charge in [-0.2, -0.15) is 0 Å². The topological polar surface area (TPSA) is 79.0 Å². The lowest BCUT2D eigenvalue weighted by Gasteiger charge is -2.36. The number of carbonyl (C=O) groups is 3. The first-order valence-electron chi connectivity index (χ1n) is 9.62. The van der Waals surface area contributed by atoms with Crippen LogP contribution in [0.15, 0.2) is 24.3 Å². The molecule has 154 valence electrons. The van der Waals surface area contributed by atoms with Crippen LogP contribution in [0.2, 0.25) is 0 Å². The molecule has 0 bridgehead atoms. The number of hydrogen-bond acceptors (Lipinski definition) is 4. The van der Waals surface area contributed by atoms with Crippen LogP contribution in [-0.2, 0) is 9.59 Å². The summed E-state index contributed by atoms with van der Waals surface area (Å²) in [6.07, 6.45) is 1.44. The quantitative estimate of drug-likeness (QED) is 0.835. The van der Waals surface area contributed by atoms with Crippen LogP contribution in [0.5, 0.6) is 5.75 Å². The van der Waals surface area contributed by atoms with Crippen LogP contribution in [-0.4, -0.2) is 67.4 Å². The van der Waals surface area contributed by atoms with Crippen molar-refractivity contribution in [2.24, 2.45) is 5.41 Å². The normalized spacial score (nSPS) is 15.1. The molecule has 1 aliphatic rings. The van der Waals surface area contributed by atoms with Gasteiger partial charge in [0.15, 0.2) is 6.61 Å². The third kappa shape index (κ3) is 5.71. The van der Waals surface area contributed by atoms with Crippen molar-refractivity contribution >= 4 is 17.7 Å². The molecule has 2 rings (SSSR count). The maximum atomic E-state index is 12.7. The highest BCUT2D eigenvalue weighted by molar-refractivity contribution is 5.97. The summed E-state index contributed by atoms with van der Waals surface area (Å²) in [6, 6.07) is 6.90. The Balaban J connectivity index is 1.94. The van der Waals surface area contributed by atoms with Gasteiger partial charge in [-0.25, -0.2) is 0 Å². The summed E-state index contributed by atoms with van der Waals surface area (Å²) in [4.78, 5) is 40.1. The Morgan fingerprint density at radius 3 is 2.32 bits per heavy atom. The molecule has 0 spiro atoms. The SMILES string of the molecule is CN(C)C(=O)COc1ccccc1C(=O)NC1CCN(C(=O)C(C)(C)C)CC1.